The van der Waals surface area contributed by atoms with E-state index in [1.54, 1.807) is 0 Å². The standard InChI is InChI=1S/C19H19N.HO3S.11Y/c1-4-5-6-11-17-19(2,3)18-15-10-8-7-9-14(15)12-13-16(18)20-17;1-4(2)3;;;;;;;;;;;/h4-13H,1-3H3;(H,1,2,3);;;;;;;;;;;/q;-1;;;;;;;;;;;. The number of rotatable bonds is 2. The predicted molar refractivity (Wildman–Crippen MR) is 99.4 cm³/mol. The third kappa shape index (κ3) is 25.6. The van der Waals surface area contributed by atoms with Crippen molar-refractivity contribution in [3.8, 4) is 0 Å². The Labute approximate surface area is 489 Å². The second kappa shape index (κ2) is 40.1. The summed E-state index contributed by atoms with van der Waals surface area (Å²) in [5, 5.41) is 2.60. The van der Waals surface area contributed by atoms with Crippen molar-refractivity contribution in [1.82, 2.24) is 0 Å². The molecule has 2 aromatic carbocycles. The van der Waals surface area contributed by atoms with Crippen molar-refractivity contribution in [1.29, 1.82) is 0 Å². The van der Waals surface area contributed by atoms with E-state index < -0.39 is 11.0 Å². The Morgan fingerprint density at radius 2 is 1.23 bits per heavy atom. The SMILES string of the molecule is CC=CC=CC1=Nc2ccc3ccccc3c2C1(C)C.O=[S-](=O)O.[Y].[Y].[Y].[Y].[Y].[Y].[Y].[Y].[Y].[Y].[Y]. The van der Waals surface area contributed by atoms with Gasteiger partial charge in [-0.15, -0.1) is 0 Å². The van der Waals surface area contributed by atoms with Gasteiger partial charge in [0.15, 0.2) is 0 Å². The first kappa shape index (κ1) is 71.0. The van der Waals surface area contributed by atoms with E-state index in [0.717, 1.165) is 11.4 Å². The molecule has 0 atom stereocenters. The first-order valence-corrected chi connectivity index (χ1v) is 8.60. The fraction of sp³-hybridized carbons (Fsp3) is 0.211. The van der Waals surface area contributed by atoms with Gasteiger partial charge < -0.3 is 13.0 Å². The maximum Gasteiger partial charge on any atom is 0.0681 e. The molecule has 0 spiro atoms. The van der Waals surface area contributed by atoms with Gasteiger partial charge in [-0.1, -0.05) is 62.4 Å². The van der Waals surface area contributed by atoms with Crippen molar-refractivity contribution < 1.29 is 373 Å². The van der Waals surface area contributed by atoms with E-state index in [0.29, 0.717) is 0 Å². The Hall–Kier alpha value is 9.90. The van der Waals surface area contributed by atoms with Crippen LogP contribution in [0.25, 0.3) is 10.8 Å². The van der Waals surface area contributed by atoms with Crippen LogP contribution in [0.1, 0.15) is 26.3 Å². The minimum atomic E-state index is -2.86. The number of hydrogen-bond acceptors (Lipinski definition) is 4. The summed E-state index contributed by atoms with van der Waals surface area (Å²) in [5.41, 5.74) is 3.53. The van der Waals surface area contributed by atoms with E-state index in [-0.39, 0.29) is 365 Å². The van der Waals surface area contributed by atoms with Crippen molar-refractivity contribution in [2.24, 2.45) is 4.99 Å². The topological polar surface area (TPSA) is 66.7 Å². The number of allylic oxidation sites excluding steroid dienone is 4. The first-order valence-electron chi connectivity index (χ1n) is 7.57. The summed E-state index contributed by atoms with van der Waals surface area (Å²) in [6.07, 6.45) is 8.25. The zero-order valence-electron chi connectivity index (χ0n) is 20.2. The first-order chi connectivity index (χ1) is 11.4. The molecule has 2 aromatic rings. The zero-order valence-corrected chi connectivity index (χ0v) is 52.3. The Morgan fingerprint density at radius 3 is 1.69 bits per heavy atom. The van der Waals surface area contributed by atoms with Crippen molar-refractivity contribution in [2.45, 2.75) is 26.2 Å². The van der Waals surface area contributed by atoms with Gasteiger partial charge in [0.05, 0.1) is 11.4 Å². The molecule has 1 N–H and O–H groups in total. The fourth-order valence-electron chi connectivity index (χ4n) is 2.91. The van der Waals surface area contributed by atoms with Crippen LogP contribution in [0.5, 0.6) is 0 Å². The molecule has 4 nitrogen and oxygen atoms in total. The van der Waals surface area contributed by atoms with Crippen molar-refractivity contribution >= 4 is 33.2 Å². The summed E-state index contributed by atoms with van der Waals surface area (Å²) >= 11 is 0. The smallest absolute Gasteiger partial charge is 0.0681 e. The number of nitrogens with zero attached hydrogens (tertiary/aromatic N) is 1. The van der Waals surface area contributed by atoms with E-state index in [4.69, 9.17) is 18.0 Å². The van der Waals surface area contributed by atoms with Gasteiger partial charge in [-0.05, 0) is 35.4 Å². The summed E-state index contributed by atoms with van der Waals surface area (Å²) in [6.45, 7) is 6.53. The van der Waals surface area contributed by atoms with Crippen LogP contribution in [0, 0.1) is 0 Å². The van der Waals surface area contributed by atoms with Crippen molar-refractivity contribution in [2.75, 3.05) is 0 Å². The van der Waals surface area contributed by atoms with E-state index in [1.807, 2.05) is 19.1 Å². The van der Waals surface area contributed by atoms with Crippen LogP contribution in [0.4, 0.5) is 5.69 Å². The average molecular weight is 1320 g/mol. The Bertz CT molecular complexity index is 929. The van der Waals surface area contributed by atoms with Crippen LogP contribution in [-0.4, -0.2) is 10.3 Å². The van der Waals surface area contributed by atoms with Gasteiger partial charge in [-0.25, -0.2) is 0 Å². The van der Waals surface area contributed by atoms with E-state index in [9.17, 15) is 0 Å². The second-order valence-corrected chi connectivity index (χ2v) is 6.34. The van der Waals surface area contributed by atoms with Crippen molar-refractivity contribution in [3.63, 3.8) is 0 Å². The summed E-state index contributed by atoms with van der Waals surface area (Å²) in [6, 6.07) is 12.8. The molecular weight excluding hydrogens is 1300 g/mol. The monoisotopic (exact) mass is 1320 g/mol. The van der Waals surface area contributed by atoms with E-state index in [2.05, 4.69) is 62.4 Å². The molecule has 16 heteroatoms. The van der Waals surface area contributed by atoms with Gasteiger partial charge in [0, 0.05) is 376 Å². The van der Waals surface area contributed by atoms with Gasteiger partial charge in [-0.3, -0.25) is 4.99 Å². The molecular formula is C19H20NO3SY11-. The third-order valence-corrected chi connectivity index (χ3v) is 3.97. The van der Waals surface area contributed by atoms with Gasteiger partial charge in [0.2, 0.25) is 0 Å². The van der Waals surface area contributed by atoms with Crippen LogP contribution in [0.3, 0.4) is 0 Å². The molecule has 11 radical (unpaired) electrons. The van der Waals surface area contributed by atoms with E-state index in [1.165, 1.54) is 16.3 Å². The number of hydrogen-bond donors (Lipinski definition) is 1. The molecule has 1 aliphatic heterocycles. The summed E-state index contributed by atoms with van der Waals surface area (Å²) in [5.74, 6) is 0. The van der Waals surface area contributed by atoms with Crippen LogP contribution < -0.4 is 0 Å². The predicted octanol–water partition coefficient (Wildman–Crippen LogP) is 5.08. The van der Waals surface area contributed by atoms with Crippen LogP contribution in [0.15, 0.2) is 65.7 Å². The third-order valence-electron chi connectivity index (χ3n) is 3.97. The summed E-state index contributed by atoms with van der Waals surface area (Å²) in [7, 11) is -2.86. The van der Waals surface area contributed by atoms with Gasteiger partial charge in [0.25, 0.3) is 0 Å². The average Bonchev–Trinajstić information content (AvgIpc) is 2.78. The molecule has 0 aliphatic carbocycles. The van der Waals surface area contributed by atoms with E-state index >= 15 is 0 Å². The summed E-state index contributed by atoms with van der Waals surface area (Å²) < 4.78 is 24.1. The van der Waals surface area contributed by atoms with Crippen LogP contribution in [-0.2, 0) is 385 Å². The molecule has 0 saturated heterocycles. The Kier molecular flexibility index (Phi) is 81.4. The molecule has 1 heterocycles. The molecule has 3 rings (SSSR count). The van der Waals surface area contributed by atoms with Crippen LogP contribution in [0.2, 0.25) is 0 Å². The second-order valence-electron chi connectivity index (χ2n) is 5.90. The minimum Gasteiger partial charge on any atom is -0.439 e. The molecule has 0 amide bonds. The number of aliphatic imine (C=N–C) groups is 1. The molecule has 0 saturated carbocycles. The molecule has 1 aliphatic rings. The normalized spacial score (nSPS) is 10.7. The molecule has 35 heavy (non-hydrogen) atoms. The zero-order chi connectivity index (χ0) is 17.7. The Balaban J connectivity index is -0.0000000489. The summed E-state index contributed by atoms with van der Waals surface area (Å²) in [4.78, 5) is 4.82. The van der Waals surface area contributed by atoms with Gasteiger partial charge in [-0.2, -0.15) is 0 Å². The quantitative estimate of drug-likeness (QED) is 0.198. The molecule has 0 fully saturated rings. The minimum absolute atomic E-state index is 0. The number of benzene rings is 2. The Morgan fingerprint density at radius 1 is 0.771 bits per heavy atom. The van der Waals surface area contributed by atoms with Gasteiger partial charge in [0.1, 0.15) is 0 Å². The molecule has 0 aromatic heterocycles. The number of fused-ring (bicyclic) bond motifs is 3. The molecule has 159 valence electrons. The van der Waals surface area contributed by atoms with Crippen LogP contribution >= 0.6 is 0 Å². The van der Waals surface area contributed by atoms with Crippen molar-refractivity contribution in [3.05, 3.63) is 66.3 Å². The fourth-order valence-corrected chi connectivity index (χ4v) is 2.91. The maximum atomic E-state index is 8.56. The largest absolute Gasteiger partial charge is 0.439 e. The maximum absolute atomic E-state index is 8.56. The van der Waals surface area contributed by atoms with Gasteiger partial charge >= 0.3 is 0 Å². The molecule has 0 unspecified atom stereocenters. The molecule has 0 bridgehead atoms.